The van der Waals surface area contributed by atoms with Crippen molar-refractivity contribution in [2.75, 3.05) is 13.2 Å². The first-order valence-electron chi connectivity index (χ1n) is 5.77. The highest BCUT2D eigenvalue weighted by atomic mass is 16.5. The molecule has 88 valence electrons. The highest BCUT2D eigenvalue weighted by Crippen LogP contribution is 2.26. The van der Waals surface area contributed by atoms with Gasteiger partial charge in [-0.05, 0) is 25.0 Å². The van der Waals surface area contributed by atoms with Crippen molar-refractivity contribution in [3.8, 4) is 0 Å². The standard InChI is InChI=1S/C12H13N3O2/c16-8-10-2-1-3-11-13-14-12(15(10)11)9-4-6-17-7-5-9/h1-3,8-9H,4-7H2. The Bertz CT molecular complexity index is 544. The molecule has 0 saturated carbocycles. The van der Waals surface area contributed by atoms with Crippen molar-refractivity contribution in [1.82, 2.24) is 14.6 Å². The van der Waals surface area contributed by atoms with Gasteiger partial charge in [0.25, 0.3) is 0 Å². The molecule has 0 aromatic carbocycles. The van der Waals surface area contributed by atoms with Crippen LogP contribution in [0.3, 0.4) is 0 Å². The third-order valence-electron chi connectivity index (χ3n) is 3.19. The summed E-state index contributed by atoms with van der Waals surface area (Å²) in [6.45, 7) is 1.51. The number of aldehydes is 1. The Morgan fingerprint density at radius 2 is 2.12 bits per heavy atom. The molecule has 0 unspecified atom stereocenters. The van der Waals surface area contributed by atoms with Gasteiger partial charge >= 0.3 is 0 Å². The average Bonchev–Trinajstić information content (AvgIpc) is 2.83. The van der Waals surface area contributed by atoms with Crippen molar-refractivity contribution < 1.29 is 9.53 Å². The summed E-state index contributed by atoms with van der Waals surface area (Å²) in [7, 11) is 0. The second kappa shape index (κ2) is 4.25. The summed E-state index contributed by atoms with van der Waals surface area (Å²) in [6.07, 6.45) is 2.72. The van der Waals surface area contributed by atoms with E-state index in [0.29, 0.717) is 11.6 Å². The molecule has 0 amide bonds. The van der Waals surface area contributed by atoms with Crippen LogP contribution in [-0.2, 0) is 4.74 Å². The molecule has 17 heavy (non-hydrogen) atoms. The van der Waals surface area contributed by atoms with Crippen LogP contribution in [0.15, 0.2) is 18.2 Å². The number of aromatic nitrogens is 3. The van der Waals surface area contributed by atoms with E-state index >= 15 is 0 Å². The van der Waals surface area contributed by atoms with E-state index in [4.69, 9.17) is 4.74 Å². The van der Waals surface area contributed by atoms with Gasteiger partial charge in [0, 0.05) is 19.1 Å². The molecule has 1 saturated heterocycles. The lowest BCUT2D eigenvalue weighted by molar-refractivity contribution is 0.0833. The summed E-state index contributed by atoms with van der Waals surface area (Å²) in [5.74, 6) is 1.21. The molecular weight excluding hydrogens is 218 g/mol. The molecule has 5 heteroatoms. The Hall–Kier alpha value is -1.75. The summed E-state index contributed by atoms with van der Waals surface area (Å²) < 4.78 is 7.19. The van der Waals surface area contributed by atoms with Crippen LogP contribution in [-0.4, -0.2) is 34.1 Å². The van der Waals surface area contributed by atoms with Crippen LogP contribution in [0, 0.1) is 0 Å². The first-order chi connectivity index (χ1) is 8.40. The maximum Gasteiger partial charge on any atom is 0.166 e. The van der Waals surface area contributed by atoms with Gasteiger partial charge < -0.3 is 4.74 Å². The van der Waals surface area contributed by atoms with Crippen molar-refractivity contribution in [2.45, 2.75) is 18.8 Å². The molecule has 1 aliphatic heterocycles. The lowest BCUT2D eigenvalue weighted by atomic mass is 9.99. The zero-order valence-electron chi connectivity index (χ0n) is 9.37. The van der Waals surface area contributed by atoms with Crippen LogP contribution in [0.5, 0.6) is 0 Å². The first-order valence-corrected chi connectivity index (χ1v) is 5.77. The third kappa shape index (κ3) is 1.72. The minimum Gasteiger partial charge on any atom is -0.381 e. The van der Waals surface area contributed by atoms with Crippen molar-refractivity contribution in [3.63, 3.8) is 0 Å². The molecule has 0 radical (unpaired) electrons. The zero-order chi connectivity index (χ0) is 11.7. The fourth-order valence-electron chi connectivity index (χ4n) is 2.30. The number of rotatable bonds is 2. The van der Waals surface area contributed by atoms with E-state index in [0.717, 1.165) is 43.8 Å². The van der Waals surface area contributed by atoms with Crippen LogP contribution in [0.4, 0.5) is 0 Å². The van der Waals surface area contributed by atoms with Crippen LogP contribution in [0.2, 0.25) is 0 Å². The van der Waals surface area contributed by atoms with Gasteiger partial charge in [-0.1, -0.05) is 6.07 Å². The van der Waals surface area contributed by atoms with E-state index in [2.05, 4.69) is 10.2 Å². The van der Waals surface area contributed by atoms with Crippen LogP contribution in [0.25, 0.3) is 5.65 Å². The van der Waals surface area contributed by atoms with E-state index in [1.54, 1.807) is 6.07 Å². The van der Waals surface area contributed by atoms with Crippen molar-refractivity contribution in [2.24, 2.45) is 0 Å². The third-order valence-corrected chi connectivity index (χ3v) is 3.19. The second-order valence-corrected chi connectivity index (χ2v) is 4.21. The number of hydrogen-bond acceptors (Lipinski definition) is 4. The Balaban J connectivity index is 2.12. The number of carbonyl (C=O) groups is 1. The molecule has 2 aromatic heterocycles. The number of ether oxygens (including phenoxy) is 1. The van der Waals surface area contributed by atoms with Crippen LogP contribution >= 0.6 is 0 Å². The van der Waals surface area contributed by atoms with Gasteiger partial charge in [-0.25, -0.2) is 0 Å². The van der Waals surface area contributed by atoms with E-state index in [9.17, 15) is 4.79 Å². The fourth-order valence-corrected chi connectivity index (χ4v) is 2.30. The number of pyridine rings is 1. The van der Waals surface area contributed by atoms with Crippen molar-refractivity contribution in [3.05, 3.63) is 29.7 Å². The quantitative estimate of drug-likeness (QED) is 0.734. The number of hydrogen-bond donors (Lipinski definition) is 0. The summed E-state index contributed by atoms with van der Waals surface area (Å²) in [4.78, 5) is 11.1. The lowest BCUT2D eigenvalue weighted by Crippen LogP contribution is -2.17. The van der Waals surface area contributed by atoms with E-state index in [1.165, 1.54) is 0 Å². The molecule has 1 fully saturated rings. The maximum absolute atomic E-state index is 11.1. The Kier molecular flexibility index (Phi) is 2.60. The van der Waals surface area contributed by atoms with E-state index in [-0.39, 0.29) is 0 Å². The summed E-state index contributed by atoms with van der Waals surface area (Å²) in [5, 5.41) is 8.34. The van der Waals surface area contributed by atoms with Gasteiger partial charge in [0.15, 0.2) is 11.9 Å². The van der Waals surface area contributed by atoms with Gasteiger partial charge in [-0.3, -0.25) is 9.20 Å². The molecular formula is C12H13N3O2. The van der Waals surface area contributed by atoms with E-state index in [1.807, 2.05) is 16.5 Å². The minimum absolute atomic E-state index is 0.333. The highest BCUT2D eigenvalue weighted by molar-refractivity contribution is 5.74. The molecule has 3 rings (SSSR count). The van der Waals surface area contributed by atoms with Gasteiger partial charge in [0.05, 0.1) is 5.69 Å². The predicted molar refractivity (Wildman–Crippen MR) is 61.2 cm³/mol. The fraction of sp³-hybridized carbons (Fsp3) is 0.417. The summed E-state index contributed by atoms with van der Waals surface area (Å²) >= 11 is 0. The Morgan fingerprint density at radius 3 is 2.88 bits per heavy atom. The minimum atomic E-state index is 0.333. The largest absolute Gasteiger partial charge is 0.381 e. The predicted octanol–water partition coefficient (Wildman–Crippen LogP) is 1.44. The van der Waals surface area contributed by atoms with Gasteiger partial charge in [0.1, 0.15) is 5.82 Å². The normalized spacial score (nSPS) is 17.4. The molecule has 1 aliphatic rings. The average molecular weight is 231 g/mol. The van der Waals surface area contributed by atoms with Crippen LogP contribution in [0.1, 0.15) is 35.1 Å². The monoisotopic (exact) mass is 231 g/mol. The summed E-state index contributed by atoms with van der Waals surface area (Å²) in [5.41, 5.74) is 1.34. The molecule has 2 aromatic rings. The Labute approximate surface area is 98.4 Å². The van der Waals surface area contributed by atoms with Crippen LogP contribution < -0.4 is 0 Å². The van der Waals surface area contributed by atoms with E-state index < -0.39 is 0 Å². The van der Waals surface area contributed by atoms with Crippen molar-refractivity contribution in [1.29, 1.82) is 0 Å². The molecule has 0 N–H and O–H groups in total. The van der Waals surface area contributed by atoms with Gasteiger partial charge in [0.2, 0.25) is 0 Å². The number of nitrogens with zero attached hydrogens (tertiary/aromatic N) is 3. The topological polar surface area (TPSA) is 56.5 Å². The zero-order valence-corrected chi connectivity index (χ0v) is 9.37. The smallest absolute Gasteiger partial charge is 0.166 e. The molecule has 0 aliphatic carbocycles. The molecule has 5 nitrogen and oxygen atoms in total. The second-order valence-electron chi connectivity index (χ2n) is 4.21. The number of carbonyl (C=O) groups excluding carboxylic acids is 1. The maximum atomic E-state index is 11.1. The number of fused-ring (bicyclic) bond motifs is 1. The molecule has 0 bridgehead atoms. The molecule has 3 heterocycles. The Morgan fingerprint density at radius 1 is 1.29 bits per heavy atom. The lowest BCUT2D eigenvalue weighted by Gasteiger charge is -2.20. The van der Waals surface area contributed by atoms with Gasteiger partial charge in [-0.15, -0.1) is 10.2 Å². The molecule has 0 atom stereocenters. The highest BCUT2D eigenvalue weighted by Gasteiger charge is 2.22. The van der Waals surface area contributed by atoms with Gasteiger partial charge in [-0.2, -0.15) is 0 Å². The first kappa shape index (κ1) is 10.4. The SMILES string of the molecule is O=Cc1cccc2nnc(C3CCOCC3)n12. The molecule has 0 spiro atoms. The van der Waals surface area contributed by atoms with Crippen molar-refractivity contribution >= 4 is 11.9 Å². The summed E-state index contributed by atoms with van der Waals surface area (Å²) in [6, 6.07) is 5.47.